The standard InChI is InChI=1S/C5H10O.2C2H6/c1-5-3-2-4-6-5;2*1-2/h5H,2-4H2,1H3;2*1-2H3. The lowest BCUT2D eigenvalue weighted by atomic mass is 10.3. The van der Waals surface area contributed by atoms with Crippen LogP contribution in [-0.2, 0) is 4.74 Å². The molecule has 1 aliphatic rings. The summed E-state index contributed by atoms with van der Waals surface area (Å²) in [6.07, 6.45) is 3.08. The lowest BCUT2D eigenvalue weighted by Crippen LogP contribution is -1.94. The fourth-order valence-corrected chi connectivity index (χ4v) is 0.739. The predicted molar refractivity (Wildman–Crippen MR) is 47.3 cm³/mol. The van der Waals surface area contributed by atoms with E-state index in [4.69, 9.17) is 4.74 Å². The Hall–Kier alpha value is -0.0400. The first-order valence-electron chi connectivity index (χ1n) is 4.51. The van der Waals surface area contributed by atoms with E-state index in [2.05, 4.69) is 6.92 Å². The van der Waals surface area contributed by atoms with Crippen LogP contribution in [0.3, 0.4) is 0 Å². The zero-order valence-electron chi connectivity index (χ0n) is 8.11. The third-order valence-corrected chi connectivity index (χ3v) is 1.16. The SMILES string of the molecule is CC.CC.CC1CCCO1. The molecule has 1 fully saturated rings. The number of hydrogen-bond acceptors (Lipinski definition) is 1. The molecule has 0 spiro atoms. The van der Waals surface area contributed by atoms with Crippen molar-refractivity contribution in [2.45, 2.75) is 53.6 Å². The molecule has 0 aliphatic carbocycles. The topological polar surface area (TPSA) is 9.23 Å². The van der Waals surface area contributed by atoms with Gasteiger partial charge in [-0.2, -0.15) is 0 Å². The highest BCUT2D eigenvalue weighted by atomic mass is 16.5. The first-order chi connectivity index (χ1) is 4.89. The minimum atomic E-state index is 0.546. The molecule has 0 aromatic rings. The molecule has 0 saturated carbocycles. The second-order valence-corrected chi connectivity index (χ2v) is 1.82. The van der Waals surface area contributed by atoms with Gasteiger partial charge in [0.25, 0.3) is 0 Å². The van der Waals surface area contributed by atoms with E-state index >= 15 is 0 Å². The van der Waals surface area contributed by atoms with Gasteiger partial charge >= 0.3 is 0 Å². The normalized spacial score (nSPS) is 21.9. The molecule has 0 aromatic heterocycles. The Bertz CT molecular complexity index is 38.0. The van der Waals surface area contributed by atoms with Crippen molar-refractivity contribution in [3.63, 3.8) is 0 Å². The molecule has 0 radical (unpaired) electrons. The number of ether oxygens (including phenoxy) is 1. The monoisotopic (exact) mass is 146 g/mol. The van der Waals surface area contributed by atoms with Gasteiger partial charge in [0.1, 0.15) is 0 Å². The Labute approximate surface area is 65.8 Å². The molecule has 0 N–H and O–H groups in total. The summed E-state index contributed by atoms with van der Waals surface area (Å²) in [5, 5.41) is 0. The highest BCUT2D eigenvalue weighted by Gasteiger charge is 2.07. The molecule has 0 amide bonds. The van der Waals surface area contributed by atoms with E-state index in [1.54, 1.807) is 0 Å². The van der Waals surface area contributed by atoms with Crippen LogP contribution in [0.4, 0.5) is 0 Å². The molecule has 0 bridgehead atoms. The van der Waals surface area contributed by atoms with Gasteiger partial charge in [0, 0.05) is 6.61 Å². The fourth-order valence-electron chi connectivity index (χ4n) is 0.739. The van der Waals surface area contributed by atoms with Gasteiger partial charge in [-0.3, -0.25) is 0 Å². The van der Waals surface area contributed by atoms with Crippen LogP contribution in [0.1, 0.15) is 47.5 Å². The first kappa shape index (κ1) is 12.6. The number of hydrogen-bond donors (Lipinski definition) is 0. The molecule has 1 heteroatoms. The maximum absolute atomic E-state index is 5.15. The van der Waals surface area contributed by atoms with Crippen molar-refractivity contribution in [1.29, 1.82) is 0 Å². The smallest absolute Gasteiger partial charge is 0.0547 e. The quantitative estimate of drug-likeness (QED) is 0.510. The van der Waals surface area contributed by atoms with Gasteiger partial charge in [-0.05, 0) is 19.8 Å². The van der Waals surface area contributed by atoms with Crippen LogP contribution in [0, 0.1) is 0 Å². The van der Waals surface area contributed by atoms with Crippen molar-refractivity contribution in [2.24, 2.45) is 0 Å². The Morgan fingerprint density at radius 2 is 1.60 bits per heavy atom. The molecule has 1 heterocycles. The Balaban J connectivity index is 0. The van der Waals surface area contributed by atoms with E-state index in [-0.39, 0.29) is 0 Å². The molecule has 1 unspecified atom stereocenters. The average molecular weight is 146 g/mol. The summed E-state index contributed by atoms with van der Waals surface area (Å²) in [6, 6.07) is 0. The second-order valence-electron chi connectivity index (χ2n) is 1.82. The zero-order valence-corrected chi connectivity index (χ0v) is 8.11. The van der Waals surface area contributed by atoms with Crippen molar-refractivity contribution in [3.05, 3.63) is 0 Å². The fraction of sp³-hybridized carbons (Fsp3) is 1.00. The second kappa shape index (κ2) is 11.7. The summed E-state index contributed by atoms with van der Waals surface area (Å²) in [5.74, 6) is 0. The molecule has 1 saturated heterocycles. The highest BCUT2D eigenvalue weighted by molar-refractivity contribution is 4.56. The van der Waals surface area contributed by atoms with Gasteiger partial charge in [0.05, 0.1) is 6.10 Å². The van der Waals surface area contributed by atoms with Gasteiger partial charge in [-0.25, -0.2) is 0 Å². The average Bonchev–Trinajstić information content (AvgIpc) is 2.48. The van der Waals surface area contributed by atoms with Crippen LogP contribution < -0.4 is 0 Å². The molecule has 1 nitrogen and oxygen atoms in total. The van der Waals surface area contributed by atoms with Crippen molar-refractivity contribution in [1.82, 2.24) is 0 Å². The predicted octanol–water partition coefficient (Wildman–Crippen LogP) is 3.24. The lowest BCUT2D eigenvalue weighted by Gasteiger charge is -1.94. The van der Waals surface area contributed by atoms with Crippen LogP contribution in [-0.4, -0.2) is 12.7 Å². The maximum atomic E-state index is 5.15. The van der Waals surface area contributed by atoms with Crippen LogP contribution in [0.5, 0.6) is 0 Å². The van der Waals surface area contributed by atoms with Gasteiger partial charge in [0.15, 0.2) is 0 Å². The Morgan fingerprint density at radius 3 is 1.70 bits per heavy atom. The summed E-state index contributed by atoms with van der Waals surface area (Å²) in [7, 11) is 0. The van der Waals surface area contributed by atoms with Gasteiger partial charge in [0.2, 0.25) is 0 Å². The maximum Gasteiger partial charge on any atom is 0.0547 e. The summed E-state index contributed by atoms with van der Waals surface area (Å²) >= 11 is 0. The van der Waals surface area contributed by atoms with Gasteiger partial charge < -0.3 is 4.74 Å². The minimum Gasteiger partial charge on any atom is -0.379 e. The molecule has 1 aliphatic heterocycles. The number of rotatable bonds is 0. The summed E-state index contributed by atoms with van der Waals surface area (Å²) in [6.45, 7) is 11.1. The first-order valence-corrected chi connectivity index (χ1v) is 4.51. The van der Waals surface area contributed by atoms with Gasteiger partial charge in [-0.1, -0.05) is 27.7 Å². The van der Waals surface area contributed by atoms with E-state index in [0.29, 0.717) is 6.10 Å². The van der Waals surface area contributed by atoms with E-state index in [9.17, 15) is 0 Å². The van der Waals surface area contributed by atoms with Crippen LogP contribution in [0.15, 0.2) is 0 Å². The summed E-state index contributed by atoms with van der Waals surface area (Å²) in [4.78, 5) is 0. The molecule has 0 aromatic carbocycles. The zero-order chi connectivity index (χ0) is 8.41. The van der Waals surface area contributed by atoms with Crippen LogP contribution in [0.25, 0.3) is 0 Å². The summed E-state index contributed by atoms with van der Waals surface area (Å²) in [5.41, 5.74) is 0. The molecule has 1 atom stereocenters. The van der Waals surface area contributed by atoms with Crippen molar-refractivity contribution >= 4 is 0 Å². The molecule has 64 valence electrons. The van der Waals surface area contributed by atoms with Crippen molar-refractivity contribution < 1.29 is 4.74 Å². The van der Waals surface area contributed by atoms with Gasteiger partial charge in [-0.15, -0.1) is 0 Å². The largest absolute Gasteiger partial charge is 0.379 e. The minimum absolute atomic E-state index is 0.546. The van der Waals surface area contributed by atoms with Crippen molar-refractivity contribution in [3.8, 4) is 0 Å². The third kappa shape index (κ3) is 7.96. The molecular formula is C9H22O. The van der Waals surface area contributed by atoms with Crippen LogP contribution >= 0.6 is 0 Å². The third-order valence-electron chi connectivity index (χ3n) is 1.16. The molecule has 1 rings (SSSR count). The highest BCUT2D eigenvalue weighted by Crippen LogP contribution is 2.09. The van der Waals surface area contributed by atoms with Crippen LogP contribution in [0.2, 0.25) is 0 Å². The van der Waals surface area contributed by atoms with E-state index in [0.717, 1.165) is 6.61 Å². The molecule has 10 heavy (non-hydrogen) atoms. The van der Waals surface area contributed by atoms with E-state index < -0.39 is 0 Å². The Kier molecular flexibility index (Phi) is 14.8. The Morgan fingerprint density at radius 1 is 1.10 bits per heavy atom. The van der Waals surface area contributed by atoms with E-state index in [1.807, 2.05) is 27.7 Å². The van der Waals surface area contributed by atoms with E-state index in [1.165, 1.54) is 12.8 Å². The van der Waals surface area contributed by atoms with Crippen molar-refractivity contribution in [2.75, 3.05) is 6.61 Å². The molecular weight excluding hydrogens is 124 g/mol. The lowest BCUT2D eigenvalue weighted by molar-refractivity contribution is 0.125. The summed E-state index contributed by atoms with van der Waals surface area (Å²) < 4.78 is 5.15.